The van der Waals surface area contributed by atoms with Crippen molar-refractivity contribution in [2.45, 2.75) is 12.8 Å². The van der Waals surface area contributed by atoms with Crippen LogP contribution in [0.4, 0.5) is 0 Å². The van der Waals surface area contributed by atoms with E-state index in [9.17, 15) is 14.7 Å². The first-order chi connectivity index (χ1) is 11.1. The summed E-state index contributed by atoms with van der Waals surface area (Å²) in [6, 6.07) is 5.06. The molecule has 0 saturated carbocycles. The second kappa shape index (κ2) is 5.96. The molecule has 122 valence electrons. The van der Waals surface area contributed by atoms with Gasteiger partial charge >= 0.3 is 5.97 Å². The number of hydrogen-bond donors (Lipinski definition) is 2. The molecule has 1 aromatic heterocycles. The number of aliphatic carboxylic acids is 1. The molecule has 1 unspecified atom stereocenters. The third-order valence-corrected chi connectivity index (χ3v) is 4.30. The topological polar surface area (TPSA) is 108 Å². The number of hydrogen-bond acceptors (Lipinski definition) is 5. The van der Waals surface area contributed by atoms with Crippen molar-refractivity contribution in [3.05, 3.63) is 23.8 Å². The summed E-state index contributed by atoms with van der Waals surface area (Å²) in [5, 5.41) is 20.0. The molecule has 1 atom stereocenters. The zero-order valence-corrected chi connectivity index (χ0v) is 12.8. The van der Waals surface area contributed by atoms with Crippen LogP contribution in [0.15, 0.2) is 18.2 Å². The van der Waals surface area contributed by atoms with Crippen molar-refractivity contribution in [2.24, 2.45) is 5.41 Å². The first-order valence-corrected chi connectivity index (χ1v) is 7.38. The van der Waals surface area contributed by atoms with Gasteiger partial charge in [-0.05, 0) is 31.0 Å². The monoisotopic (exact) mass is 318 g/mol. The molecule has 23 heavy (non-hydrogen) atoms. The first kappa shape index (κ1) is 15.4. The van der Waals surface area contributed by atoms with Crippen LogP contribution in [0.3, 0.4) is 0 Å². The Morgan fingerprint density at radius 2 is 2.17 bits per heavy atom. The van der Waals surface area contributed by atoms with E-state index in [1.807, 2.05) is 0 Å². The van der Waals surface area contributed by atoms with Crippen LogP contribution in [0.5, 0.6) is 0 Å². The highest BCUT2D eigenvalue weighted by molar-refractivity contribution is 5.97. The van der Waals surface area contributed by atoms with Gasteiger partial charge in [-0.25, -0.2) is 0 Å². The SMILES string of the molecule is COCC1(C(=O)O)CCCN(C(=O)c2ccc3n[nH]nc3c2)C1. The van der Waals surface area contributed by atoms with Gasteiger partial charge in [0.1, 0.15) is 16.4 Å². The number of methoxy groups -OCH3 is 1. The van der Waals surface area contributed by atoms with E-state index in [1.165, 1.54) is 7.11 Å². The Morgan fingerprint density at radius 1 is 1.39 bits per heavy atom. The molecule has 0 aliphatic carbocycles. The summed E-state index contributed by atoms with van der Waals surface area (Å²) in [4.78, 5) is 26.0. The Morgan fingerprint density at radius 3 is 2.91 bits per heavy atom. The molecule has 0 bridgehead atoms. The summed E-state index contributed by atoms with van der Waals surface area (Å²) >= 11 is 0. The summed E-state index contributed by atoms with van der Waals surface area (Å²) < 4.78 is 5.09. The third kappa shape index (κ3) is 2.77. The Labute approximate surface area is 132 Å². The van der Waals surface area contributed by atoms with Crippen LogP contribution in [0.25, 0.3) is 11.0 Å². The molecule has 2 heterocycles. The average Bonchev–Trinajstić information content (AvgIpc) is 3.02. The fraction of sp³-hybridized carbons (Fsp3) is 0.467. The number of nitrogens with zero attached hydrogens (tertiary/aromatic N) is 3. The minimum atomic E-state index is -1.04. The van der Waals surface area contributed by atoms with Crippen molar-refractivity contribution >= 4 is 22.9 Å². The number of benzene rings is 1. The fourth-order valence-corrected chi connectivity index (χ4v) is 3.09. The van der Waals surface area contributed by atoms with Gasteiger partial charge in [-0.1, -0.05) is 0 Å². The van der Waals surface area contributed by atoms with Gasteiger partial charge in [0.15, 0.2) is 0 Å². The molecule has 1 amide bonds. The van der Waals surface area contributed by atoms with Crippen molar-refractivity contribution in [1.82, 2.24) is 20.3 Å². The molecule has 2 aromatic rings. The Kier molecular flexibility index (Phi) is 3.99. The number of nitrogens with one attached hydrogen (secondary N) is 1. The number of ether oxygens (including phenoxy) is 1. The second-order valence-corrected chi connectivity index (χ2v) is 5.88. The van der Waals surface area contributed by atoms with Crippen molar-refractivity contribution in [3.8, 4) is 0 Å². The fourth-order valence-electron chi connectivity index (χ4n) is 3.09. The van der Waals surface area contributed by atoms with Gasteiger partial charge in [0, 0.05) is 25.8 Å². The van der Waals surface area contributed by atoms with Gasteiger partial charge in [0.05, 0.1) is 6.61 Å². The van der Waals surface area contributed by atoms with E-state index < -0.39 is 11.4 Å². The van der Waals surface area contributed by atoms with Gasteiger partial charge < -0.3 is 14.7 Å². The number of fused-ring (bicyclic) bond motifs is 1. The molecule has 1 aliphatic heterocycles. The molecule has 2 N–H and O–H groups in total. The van der Waals surface area contributed by atoms with Crippen LogP contribution < -0.4 is 0 Å². The van der Waals surface area contributed by atoms with Crippen molar-refractivity contribution in [2.75, 3.05) is 26.8 Å². The molecule has 3 rings (SSSR count). The van der Waals surface area contributed by atoms with E-state index in [0.717, 1.165) is 0 Å². The Hall–Kier alpha value is -2.48. The number of likely N-dealkylation sites (tertiary alicyclic amines) is 1. The number of amides is 1. The maximum absolute atomic E-state index is 12.7. The van der Waals surface area contributed by atoms with Crippen LogP contribution in [0, 0.1) is 5.41 Å². The van der Waals surface area contributed by atoms with E-state index in [4.69, 9.17) is 4.74 Å². The van der Waals surface area contributed by atoms with E-state index in [-0.39, 0.29) is 19.1 Å². The molecule has 0 radical (unpaired) electrons. The van der Waals surface area contributed by atoms with Gasteiger partial charge in [-0.3, -0.25) is 9.59 Å². The summed E-state index contributed by atoms with van der Waals surface area (Å²) in [6.45, 7) is 0.773. The van der Waals surface area contributed by atoms with Crippen LogP contribution in [0.2, 0.25) is 0 Å². The number of carboxylic acids is 1. The maximum Gasteiger partial charge on any atom is 0.313 e. The van der Waals surface area contributed by atoms with E-state index >= 15 is 0 Å². The lowest BCUT2D eigenvalue weighted by molar-refractivity contribution is -0.155. The minimum Gasteiger partial charge on any atom is -0.481 e. The van der Waals surface area contributed by atoms with Crippen LogP contribution in [-0.4, -0.2) is 64.1 Å². The normalized spacial score (nSPS) is 21.5. The van der Waals surface area contributed by atoms with Gasteiger partial charge in [0.2, 0.25) is 0 Å². The smallest absolute Gasteiger partial charge is 0.313 e. The van der Waals surface area contributed by atoms with Crippen LogP contribution in [0.1, 0.15) is 23.2 Å². The predicted octanol–water partition coefficient (Wildman–Crippen LogP) is 0.911. The number of piperidine rings is 1. The van der Waals surface area contributed by atoms with E-state index in [0.29, 0.717) is 36.0 Å². The summed E-state index contributed by atoms with van der Waals surface area (Å²) in [6.07, 6.45) is 1.13. The minimum absolute atomic E-state index is 0.0917. The summed E-state index contributed by atoms with van der Waals surface area (Å²) in [5.74, 6) is -1.12. The van der Waals surface area contributed by atoms with Crippen molar-refractivity contribution in [1.29, 1.82) is 0 Å². The van der Waals surface area contributed by atoms with Crippen LogP contribution >= 0.6 is 0 Å². The third-order valence-electron chi connectivity index (χ3n) is 4.30. The van der Waals surface area contributed by atoms with Gasteiger partial charge in [-0.2, -0.15) is 15.4 Å². The molecule has 8 heteroatoms. The first-order valence-electron chi connectivity index (χ1n) is 7.38. The highest BCUT2D eigenvalue weighted by atomic mass is 16.5. The molecule has 8 nitrogen and oxygen atoms in total. The second-order valence-electron chi connectivity index (χ2n) is 5.88. The molecule has 1 fully saturated rings. The molecular formula is C15H18N4O4. The van der Waals surface area contributed by atoms with Crippen molar-refractivity contribution in [3.63, 3.8) is 0 Å². The molecule has 1 aromatic carbocycles. The Balaban J connectivity index is 1.84. The quantitative estimate of drug-likeness (QED) is 0.867. The number of carboxylic acid groups (broad SMARTS) is 1. The van der Waals surface area contributed by atoms with E-state index in [1.54, 1.807) is 23.1 Å². The largest absolute Gasteiger partial charge is 0.481 e. The molecule has 0 spiro atoms. The van der Waals surface area contributed by atoms with Crippen LogP contribution in [-0.2, 0) is 9.53 Å². The lowest BCUT2D eigenvalue weighted by Crippen LogP contribution is -2.52. The molecular weight excluding hydrogens is 300 g/mol. The summed E-state index contributed by atoms with van der Waals surface area (Å²) in [7, 11) is 1.48. The lowest BCUT2D eigenvalue weighted by Gasteiger charge is -2.39. The zero-order valence-electron chi connectivity index (χ0n) is 12.8. The Bertz CT molecular complexity index is 740. The van der Waals surface area contributed by atoms with E-state index in [2.05, 4.69) is 15.4 Å². The number of aromatic nitrogens is 3. The van der Waals surface area contributed by atoms with Crippen molar-refractivity contribution < 1.29 is 19.4 Å². The number of aromatic amines is 1. The van der Waals surface area contributed by atoms with Gasteiger partial charge in [0.25, 0.3) is 5.91 Å². The highest BCUT2D eigenvalue weighted by Gasteiger charge is 2.44. The molecule has 1 aliphatic rings. The summed E-state index contributed by atoms with van der Waals surface area (Å²) in [5.41, 5.74) is 0.722. The number of rotatable bonds is 4. The lowest BCUT2D eigenvalue weighted by atomic mass is 9.80. The predicted molar refractivity (Wildman–Crippen MR) is 81.0 cm³/mol. The zero-order chi connectivity index (χ0) is 16.4. The maximum atomic E-state index is 12.7. The number of carbonyl (C=O) groups excluding carboxylic acids is 1. The average molecular weight is 318 g/mol. The standard InChI is InChI=1S/C15H18N4O4/c1-23-9-15(14(21)22)5-2-6-19(8-15)13(20)10-3-4-11-12(7-10)17-18-16-11/h3-4,7H,2,5-6,8-9H2,1H3,(H,21,22)(H,16,17,18). The number of H-pyrrole nitrogens is 1. The number of carbonyl (C=O) groups is 2. The highest BCUT2D eigenvalue weighted by Crippen LogP contribution is 2.31. The molecule has 1 saturated heterocycles. The van der Waals surface area contributed by atoms with Gasteiger partial charge in [-0.15, -0.1) is 0 Å².